The highest BCUT2D eigenvalue weighted by molar-refractivity contribution is 7.16. The smallest absolute Gasteiger partial charge is 0.257 e. The van der Waals surface area contributed by atoms with Crippen LogP contribution in [0.3, 0.4) is 0 Å². The van der Waals surface area contributed by atoms with Crippen molar-refractivity contribution in [2.24, 2.45) is 0 Å². The van der Waals surface area contributed by atoms with Crippen LogP contribution >= 0.6 is 11.3 Å². The normalized spacial score (nSPS) is 22.5. The minimum Gasteiger partial charge on any atom is -0.390 e. The molecule has 1 amide bonds. The summed E-state index contributed by atoms with van der Waals surface area (Å²) in [5.41, 5.74) is 8.25. The first kappa shape index (κ1) is 12.0. The summed E-state index contributed by atoms with van der Waals surface area (Å²) in [4.78, 5) is 15.9. The number of carbonyl (C=O) groups is 1. The van der Waals surface area contributed by atoms with Gasteiger partial charge in [0.25, 0.3) is 5.91 Å². The molecular weight excluding hydrogens is 244 g/mol. The number of anilines is 1. The summed E-state index contributed by atoms with van der Waals surface area (Å²) in [6.07, 6.45) is 5.68. The summed E-state index contributed by atoms with van der Waals surface area (Å²) in [6.45, 7) is 4.01. The van der Waals surface area contributed by atoms with Crippen molar-refractivity contribution in [3.63, 3.8) is 0 Å². The van der Waals surface area contributed by atoms with Crippen LogP contribution in [0.2, 0.25) is 0 Å². The van der Waals surface area contributed by atoms with E-state index in [1.165, 1.54) is 16.9 Å². The maximum absolute atomic E-state index is 12.6. The van der Waals surface area contributed by atoms with E-state index in [0.717, 1.165) is 49.3 Å². The summed E-state index contributed by atoms with van der Waals surface area (Å²) < 4.78 is 0. The summed E-state index contributed by atoms with van der Waals surface area (Å²) in [7, 11) is 0. The van der Waals surface area contributed by atoms with E-state index in [2.05, 4.69) is 6.92 Å². The van der Waals surface area contributed by atoms with Crippen LogP contribution < -0.4 is 5.73 Å². The van der Waals surface area contributed by atoms with Crippen LogP contribution in [0.1, 0.15) is 59.3 Å². The number of nitrogens with zero attached hydrogens (tertiary/aromatic N) is 1. The zero-order valence-electron chi connectivity index (χ0n) is 10.9. The zero-order valence-corrected chi connectivity index (χ0v) is 11.7. The van der Waals surface area contributed by atoms with Gasteiger partial charge in [-0.05, 0) is 43.6 Å². The Hall–Kier alpha value is -1.03. The standard InChI is InChI=1S/C14H20N2OS/c1-2-9-5-6-10-11(9)12(13(15)18-10)14(17)16-7-3-4-8-16/h9H,2-8,15H2,1H3. The largest absolute Gasteiger partial charge is 0.390 e. The third kappa shape index (κ3) is 1.74. The van der Waals surface area contributed by atoms with Gasteiger partial charge < -0.3 is 10.6 Å². The molecule has 0 saturated carbocycles. The lowest BCUT2D eigenvalue weighted by Gasteiger charge is -2.18. The first-order valence-corrected chi connectivity index (χ1v) is 7.74. The van der Waals surface area contributed by atoms with Gasteiger partial charge in [-0.2, -0.15) is 0 Å². The molecule has 0 aromatic carbocycles. The lowest BCUT2D eigenvalue weighted by Crippen LogP contribution is -2.28. The number of carbonyl (C=O) groups excluding carboxylic acids is 1. The van der Waals surface area contributed by atoms with Gasteiger partial charge in [0.15, 0.2) is 0 Å². The van der Waals surface area contributed by atoms with Gasteiger partial charge in [-0.15, -0.1) is 11.3 Å². The van der Waals surface area contributed by atoms with E-state index in [1.54, 1.807) is 11.3 Å². The van der Waals surface area contributed by atoms with E-state index >= 15 is 0 Å². The van der Waals surface area contributed by atoms with Crippen molar-refractivity contribution in [1.29, 1.82) is 0 Å². The monoisotopic (exact) mass is 264 g/mol. The van der Waals surface area contributed by atoms with Crippen LogP contribution in [0.4, 0.5) is 5.00 Å². The quantitative estimate of drug-likeness (QED) is 0.892. The van der Waals surface area contributed by atoms with E-state index in [4.69, 9.17) is 5.73 Å². The van der Waals surface area contributed by atoms with Crippen LogP contribution in [0.25, 0.3) is 0 Å². The highest BCUT2D eigenvalue weighted by Gasteiger charge is 2.33. The van der Waals surface area contributed by atoms with E-state index in [0.29, 0.717) is 5.92 Å². The maximum atomic E-state index is 12.6. The Labute approximate surface area is 112 Å². The van der Waals surface area contributed by atoms with Gasteiger partial charge in [0, 0.05) is 18.0 Å². The number of aryl methyl sites for hydroxylation is 1. The molecule has 1 aromatic rings. The van der Waals surface area contributed by atoms with Gasteiger partial charge in [-0.25, -0.2) is 0 Å². The number of fused-ring (bicyclic) bond motifs is 1. The first-order valence-electron chi connectivity index (χ1n) is 6.92. The number of amides is 1. The summed E-state index contributed by atoms with van der Waals surface area (Å²) in [5, 5.41) is 0.745. The van der Waals surface area contributed by atoms with Crippen LogP contribution in [-0.4, -0.2) is 23.9 Å². The Bertz CT molecular complexity index is 474. The molecule has 1 aromatic heterocycles. The average Bonchev–Trinajstić information content (AvgIpc) is 3.02. The molecule has 4 heteroatoms. The van der Waals surface area contributed by atoms with Crippen LogP contribution in [0.15, 0.2) is 0 Å². The molecular formula is C14H20N2OS. The van der Waals surface area contributed by atoms with Crippen LogP contribution in [0.5, 0.6) is 0 Å². The van der Waals surface area contributed by atoms with Crippen molar-refractivity contribution < 1.29 is 4.79 Å². The third-order valence-corrected chi connectivity index (χ3v) is 5.37. The fraction of sp³-hybridized carbons (Fsp3) is 0.643. The predicted octanol–water partition coefficient (Wildman–Crippen LogP) is 3.01. The lowest BCUT2D eigenvalue weighted by molar-refractivity contribution is 0.0793. The van der Waals surface area contributed by atoms with Crippen molar-refractivity contribution in [2.45, 2.75) is 44.9 Å². The molecule has 1 aliphatic carbocycles. The zero-order chi connectivity index (χ0) is 12.7. The molecule has 3 nitrogen and oxygen atoms in total. The molecule has 3 rings (SSSR count). The molecule has 1 unspecified atom stereocenters. The van der Waals surface area contributed by atoms with E-state index in [-0.39, 0.29) is 5.91 Å². The Kier molecular flexibility index (Phi) is 3.06. The van der Waals surface area contributed by atoms with Crippen molar-refractivity contribution in [3.8, 4) is 0 Å². The lowest BCUT2D eigenvalue weighted by atomic mass is 9.96. The average molecular weight is 264 g/mol. The van der Waals surface area contributed by atoms with Gasteiger partial charge in [0.1, 0.15) is 0 Å². The van der Waals surface area contributed by atoms with Crippen molar-refractivity contribution in [1.82, 2.24) is 4.90 Å². The minimum atomic E-state index is 0.183. The maximum Gasteiger partial charge on any atom is 0.257 e. The van der Waals surface area contributed by atoms with Gasteiger partial charge in [0.2, 0.25) is 0 Å². The number of rotatable bonds is 2. The number of hydrogen-bond acceptors (Lipinski definition) is 3. The molecule has 0 radical (unpaired) electrons. The highest BCUT2D eigenvalue weighted by Crippen LogP contribution is 2.45. The van der Waals surface area contributed by atoms with Crippen molar-refractivity contribution in [2.75, 3.05) is 18.8 Å². The molecule has 0 spiro atoms. The number of thiophene rings is 1. The number of nitrogen functional groups attached to an aromatic ring is 1. The summed E-state index contributed by atoms with van der Waals surface area (Å²) in [6, 6.07) is 0. The second-order valence-electron chi connectivity index (χ2n) is 5.32. The number of hydrogen-bond donors (Lipinski definition) is 1. The fourth-order valence-electron chi connectivity index (χ4n) is 3.29. The van der Waals surface area contributed by atoms with Crippen LogP contribution in [-0.2, 0) is 6.42 Å². The molecule has 2 aliphatic rings. The Morgan fingerprint density at radius 1 is 1.44 bits per heavy atom. The molecule has 1 aliphatic heterocycles. The molecule has 0 bridgehead atoms. The molecule has 18 heavy (non-hydrogen) atoms. The van der Waals surface area contributed by atoms with Crippen LogP contribution in [0, 0.1) is 0 Å². The first-order chi connectivity index (χ1) is 8.72. The van der Waals surface area contributed by atoms with Gasteiger partial charge in [-0.3, -0.25) is 4.79 Å². The third-order valence-electron chi connectivity index (χ3n) is 4.28. The molecule has 1 atom stereocenters. The van der Waals surface area contributed by atoms with Gasteiger partial charge in [0.05, 0.1) is 10.6 Å². The second-order valence-corrected chi connectivity index (χ2v) is 6.46. The predicted molar refractivity (Wildman–Crippen MR) is 75.2 cm³/mol. The number of nitrogens with two attached hydrogens (primary N) is 1. The summed E-state index contributed by atoms with van der Waals surface area (Å²) in [5.74, 6) is 0.734. The topological polar surface area (TPSA) is 46.3 Å². The van der Waals surface area contributed by atoms with E-state index in [1.807, 2.05) is 4.90 Å². The van der Waals surface area contributed by atoms with Crippen molar-refractivity contribution in [3.05, 3.63) is 16.0 Å². The Balaban J connectivity index is 1.98. The summed E-state index contributed by atoms with van der Waals surface area (Å²) >= 11 is 1.64. The second kappa shape index (κ2) is 4.57. The molecule has 2 N–H and O–H groups in total. The fourth-order valence-corrected chi connectivity index (χ4v) is 4.45. The van der Waals surface area contributed by atoms with E-state index in [9.17, 15) is 4.79 Å². The molecule has 1 fully saturated rings. The molecule has 98 valence electrons. The molecule has 1 saturated heterocycles. The Morgan fingerprint density at radius 3 is 2.83 bits per heavy atom. The number of likely N-dealkylation sites (tertiary alicyclic amines) is 1. The van der Waals surface area contributed by atoms with Gasteiger partial charge >= 0.3 is 0 Å². The van der Waals surface area contributed by atoms with Crippen molar-refractivity contribution >= 4 is 22.2 Å². The van der Waals surface area contributed by atoms with Gasteiger partial charge in [-0.1, -0.05) is 6.92 Å². The van der Waals surface area contributed by atoms with E-state index < -0.39 is 0 Å². The highest BCUT2D eigenvalue weighted by atomic mass is 32.1. The minimum absolute atomic E-state index is 0.183. The molecule has 2 heterocycles. The Morgan fingerprint density at radius 2 is 2.17 bits per heavy atom. The SMILES string of the molecule is CCC1CCc2sc(N)c(C(=O)N3CCCC3)c21.